The monoisotopic (exact) mass is 894 g/mol. The highest BCUT2D eigenvalue weighted by atomic mass is 14.7. The number of nitrogens with zero attached hydrogens (tertiary/aromatic N) is 2. The van der Waals surface area contributed by atoms with E-state index in [1.165, 1.54) is 131 Å². The van der Waals surface area contributed by atoms with E-state index in [1.54, 1.807) is 0 Å². The lowest BCUT2D eigenvalue weighted by Gasteiger charge is -2.22. The predicted molar refractivity (Wildman–Crippen MR) is 301 cm³/mol. The fraction of sp³-hybridized carbons (Fsp3) is 0.118. The van der Waals surface area contributed by atoms with Crippen molar-refractivity contribution < 1.29 is 0 Å². The van der Waals surface area contributed by atoms with E-state index in [1.807, 2.05) is 0 Å². The van der Waals surface area contributed by atoms with E-state index in [2.05, 4.69) is 224 Å². The molecule has 14 rings (SSSR count). The van der Waals surface area contributed by atoms with Crippen LogP contribution in [0, 0.1) is 13.8 Å². The first-order valence-electron chi connectivity index (χ1n) is 24.9. The Labute approximate surface area is 407 Å². The van der Waals surface area contributed by atoms with E-state index >= 15 is 0 Å². The summed E-state index contributed by atoms with van der Waals surface area (Å²) in [6.45, 7) is 13.5. The molecule has 70 heavy (non-hydrogen) atoms. The molecule has 0 saturated carbocycles. The van der Waals surface area contributed by atoms with Crippen molar-refractivity contribution in [2.45, 2.75) is 53.4 Å². The van der Waals surface area contributed by atoms with Gasteiger partial charge >= 0.3 is 0 Å². The van der Waals surface area contributed by atoms with Crippen LogP contribution in [-0.2, 0) is 0 Å². The molecule has 0 aliphatic carbocycles. The second-order valence-electron chi connectivity index (χ2n) is 20.5. The maximum atomic E-state index is 5.78. The molecule has 12 aromatic carbocycles. The summed E-state index contributed by atoms with van der Waals surface area (Å²) >= 11 is 0. The number of benzene rings is 12. The molecule has 0 radical (unpaired) electrons. The van der Waals surface area contributed by atoms with E-state index in [-0.39, 0.29) is 0 Å². The van der Waals surface area contributed by atoms with E-state index in [9.17, 15) is 0 Å². The standard InChI is InChI=1S/C68H50N2/c1-37(2)41-15-19-43(20-16-41)45-23-25-53-57(35-45)61(49-31-39(5)51-13-9-7-11-47(51)33-49)55-27-29-60-65-63(55)67(53)69-59-30-28-56-62(50-32-40(6)52-14-10-8-12-48(52)34-50)58-36-46(44-21-17-42(18-22-44)38(3)4)24-26-54(58)68(70-60)64(56)66(59)65/h7-38H,1-6H3. The van der Waals surface area contributed by atoms with Gasteiger partial charge in [-0.25, -0.2) is 9.97 Å². The van der Waals surface area contributed by atoms with Gasteiger partial charge in [-0.15, -0.1) is 0 Å². The van der Waals surface area contributed by atoms with Crippen molar-refractivity contribution in [3.63, 3.8) is 0 Å². The number of fused-ring (bicyclic) bond motifs is 6. The highest BCUT2D eigenvalue weighted by Crippen LogP contribution is 2.51. The first kappa shape index (κ1) is 40.8. The molecular formula is C68H50N2. The van der Waals surface area contributed by atoms with Crippen LogP contribution in [0.3, 0.4) is 0 Å². The molecule has 2 heterocycles. The zero-order chi connectivity index (χ0) is 47.1. The van der Waals surface area contributed by atoms with Gasteiger partial charge in [-0.3, -0.25) is 0 Å². The molecule has 14 aromatic rings. The van der Waals surface area contributed by atoms with Crippen molar-refractivity contribution in [3.05, 3.63) is 204 Å². The van der Waals surface area contributed by atoms with Crippen LogP contribution < -0.4 is 0 Å². The van der Waals surface area contributed by atoms with Gasteiger partial charge in [0.2, 0.25) is 0 Å². The number of aromatic nitrogens is 2. The Hall–Kier alpha value is -8.20. The molecule has 332 valence electrons. The fourth-order valence-corrected chi connectivity index (χ4v) is 12.1. The highest BCUT2D eigenvalue weighted by molar-refractivity contribution is 6.41. The number of hydrogen-bond acceptors (Lipinski definition) is 2. The van der Waals surface area contributed by atoms with Gasteiger partial charge in [0.1, 0.15) is 0 Å². The first-order chi connectivity index (χ1) is 34.2. The SMILES string of the molecule is Cc1cc(-c2c3cc(-c4ccc(C(C)C)cc4)ccc3c3nc4ccc5c(-c6cc(C)c7ccccc7c6)c6cc(-c7ccc(C(C)C)cc7)ccc6c6nc7ccc2c3c7c4c56)cc2ccccc12. The minimum atomic E-state index is 0.474. The minimum Gasteiger partial charge on any atom is -0.247 e. The summed E-state index contributed by atoms with van der Waals surface area (Å²) < 4.78 is 0. The van der Waals surface area contributed by atoms with Crippen LogP contribution in [0.2, 0.25) is 0 Å². The van der Waals surface area contributed by atoms with Crippen LogP contribution in [0.25, 0.3) is 142 Å². The Balaban J connectivity index is 1.11. The third-order valence-electron chi connectivity index (χ3n) is 15.7. The van der Waals surface area contributed by atoms with Crippen LogP contribution >= 0.6 is 0 Å². The number of aryl methyl sites for hydroxylation is 2. The first-order valence-corrected chi connectivity index (χ1v) is 24.9. The van der Waals surface area contributed by atoms with Crippen LogP contribution in [0.15, 0.2) is 182 Å². The third-order valence-corrected chi connectivity index (χ3v) is 15.7. The zero-order valence-electron chi connectivity index (χ0n) is 40.4. The molecule has 2 nitrogen and oxygen atoms in total. The topological polar surface area (TPSA) is 25.8 Å². The minimum absolute atomic E-state index is 0.474. The average Bonchev–Trinajstić information content (AvgIpc) is 3.39. The number of pyridine rings is 2. The summed E-state index contributed by atoms with van der Waals surface area (Å²) in [6, 6.07) is 68.7. The van der Waals surface area contributed by atoms with Crippen LogP contribution in [0.4, 0.5) is 0 Å². The summed E-state index contributed by atoms with van der Waals surface area (Å²) in [5.74, 6) is 0.949. The summed E-state index contributed by atoms with van der Waals surface area (Å²) in [4.78, 5) is 11.6. The molecule has 0 atom stereocenters. The molecule has 0 aliphatic rings. The number of hydrogen-bond donors (Lipinski definition) is 0. The molecule has 0 saturated heterocycles. The normalized spacial score (nSPS) is 12.4. The van der Waals surface area contributed by atoms with E-state index < -0.39 is 0 Å². The maximum Gasteiger partial charge on any atom is 0.0801 e. The molecule has 0 aliphatic heterocycles. The largest absolute Gasteiger partial charge is 0.247 e. The molecule has 2 heteroatoms. The third kappa shape index (κ3) is 5.99. The molecule has 0 fully saturated rings. The quantitative estimate of drug-likeness (QED) is 0.123. The van der Waals surface area contributed by atoms with Crippen molar-refractivity contribution in [1.29, 1.82) is 0 Å². The van der Waals surface area contributed by atoms with E-state index in [0.29, 0.717) is 11.8 Å². The van der Waals surface area contributed by atoms with Gasteiger partial charge in [0.15, 0.2) is 0 Å². The van der Waals surface area contributed by atoms with Gasteiger partial charge in [0.25, 0.3) is 0 Å². The van der Waals surface area contributed by atoms with Crippen molar-refractivity contribution in [2.75, 3.05) is 0 Å². The summed E-state index contributed by atoms with van der Waals surface area (Å²) in [5.41, 5.74) is 19.0. The second-order valence-corrected chi connectivity index (χ2v) is 20.5. The lowest BCUT2D eigenvalue weighted by atomic mass is 9.83. The van der Waals surface area contributed by atoms with Crippen LogP contribution in [0.5, 0.6) is 0 Å². The van der Waals surface area contributed by atoms with Crippen LogP contribution in [0.1, 0.15) is 61.8 Å². The average molecular weight is 895 g/mol. The Morgan fingerprint density at radius 2 is 0.686 bits per heavy atom. The number of rotatable bonds is 6. The van der Waals surface area contributed by atoms with E-state index in [0.717, 1.165) is 32.8 Å². The van der Waals surface area contributed by atoms with Gasteiger partial charge in [-0.05, 0) is 172 Å². The van der Waals surface area contributed by atoms with Crippen molar-refractivity contribution in [2.24, 2.45) is 0 Å². The maximum absolute atomic E-state index is 5.78. The van der Waals surface area contributed by atoms with Crippen molar-refractivity contribution >= 4 is 97.5 Å². The lowest BCUT2D eigenvalue weighted by molar-refractivity contribution is 0.867. The Morgan fingerprint density at radius 3 is 1.10 bits per heavy atom. The molecule has 2 aromatic heterocycles. The van der Waals surface area contributed by atoms with Gasteiger partial charge in [-0.1, -0.05) is 173 Å². The Morgan fingerprint density at radius 1 is 0.300 bits per heavy atom. The Bertz CT molecular complexity index is 4170. The lowest BCUT2D eigenvalue weighted by Crippen LogP contribution is -1.99. The Kier molecular flexibility index (Phi) is 8.84. The fourth-order valence-electron chi connectivity index (χ4n) is 12.1. The van der Waals surface area contributed by atoms with E-state index in [4.69, 9.17) is 9.97 Å². The van der Waals surface area contributed by atoms with Crippen molar-refractivity contribution in [1.82, 2.24) is 9.97 Å². The van der Waals surface area contributed by atoms with Gasteiger partial charge in [-0.2, -0.15) is 0 Å². The van der Waals surface area contributed by atoms with Gasteiger partial charge < -0.3 is 0 Å². The van der Waals surface area contributed by atoms with Crippen molar-refractivity contribution in [3.8, 4) is 44.5 Å². The van der Waals surface area contributed by atoms with Crippen LogP contribution in [-0.4, -0.2) is 9.97 Å². The molecule has 0 unspecified atom stereocenters. The second kappa shape index (κ2) is 15.1. The molecular weight excluding hydrogens is 845 g/mol. The van der Waals surface area contributed by atoms with Gasteiger partial charge in [0.05, 0.1) is 22.1 Å². The molecule has 0 spiro atoms. The highest BCUT2D eigenvalue weighted by Gasteiger charge is 2.26. The molecule has 0 N–H and O–H groups in total. The summed E-state index contributed by atoms with van der Waals surface area (Å²) in [7, 11) is 0. The zero-order valence-corrected chi connectivity index (χ0v) is 40.4. The molecule has 0 bridgehead atoms. The predicted octanol–water partition coefficient (Wildman–Crippen LogP) is 19.3. The smallest absolute Gasteiger partial charge is 0.0801 e. The van der Waals surface area contributed by atoms with Gasteiger partial charge in [0, 0.05) is 32.3 Å². The summed E-state index contributed by atoms with van der Waals surface area (Å²) in [6.07, 6.45) is 0. The summed E-state index contributed by atoms with van der Waals surface area (Å²) in [5, 5.41) is 16.9. The molecule has 0 amide bonds.